The lowest BCUT2D eigenvalue weighted by Gasteiger charge is -2.09. The maximum absolute atomic E-state index is 8.74. The first-order valence-corrected chi connectivity index (χ1v) is 6.15. The molecule has 0 aliphatic rings. The Labute approximate surface area is 114 Å². The van der Waals surface area contributed by atoms with Crippen molar-refractivity contribution < 1.29 is 4.74 Å². The van der Waals surface area contributed by atoms with E-state index in [9.17, 15) is 0 Å². The third-order valence-corrected chi connectivity index (χ3v) is 2.92. The van der Waals surface area contributed by atoms with E-state index in [2.05, 4.69) is 15.9 Å². The molecule has 0 saturated carbocycles. The molecular formula is C14H11BrN2O. The predicted octanol–water partition coefficient (Wildman–Crippen LogP) is 3.48. The van der Waals surface area contributed by atoms with E-state index in [0.29, 0.717) is 23.6 Å². The number of hydrogen-bond donors (Lipinski definition) is 1. The number of nitriles is 1. The molecule has 2 N–H and O–H groups in total. The van der Waals surface area contributed by atoms with Gasteiger partial charge in [-0.1, -0.05) is 28.1 Å². The summed E-state index contributed by atoms with van der Waals surface area (Å²) in [6, 6.07) is 14.9. The van der Waals surface area contributed by atoms with Gasteiger partial charge in [0, 0.05) is 4.47 Å². The normalized spacial score (nSPS) is 9.78. The summed E-state index contributed by atoms with van der Waals surface area (Å²) in [4.78, 5) is 0. The highest BCUT2D eigenvalue weighted by atomic mass is 79.9. The number of ether oxygens (including phenoxy) is 1. The zero-order valence-corrected chi connectivity index (χ0v) is 11.1. The molecule has 0 amide bonds. The van der Waals surface area contributed by atoms with Crippen LogP contribution in [0.25, 0.3) is 0 Å². The van der Waals surface area contributed by atoms with E-state index in [-0.39, 0.29) is 0 Å². The maximum Gasteiger partial charge on any atom is 0.142 e. The summed E-state index contributed by atoms with van der Waals surface area (Å²) in [5.74, 6) is 0.592. The monoisotopic (exact) mass is 302 g/mol. The number of nitrogens with two attached hydrogens (primary N) is 1. The second kappa shape index (κ2) is 5.56. The molecule has 0 spiro atoms. The van der Waals surface area contributed by atoms with Crippen molar-refractivity contribution in [2.75, 3.05) is 5.73 Å². The minimum Gasteiger partial charge on any atom is -0.487 e. The van der Waals surface area contributed by atoms with E-state index in [1.165, 1.54) is 0 Å². The highest BCUT2D eigenvalue weighted by molar-refractivity contribution is 9.10. The van der Waals surface area contributed by atoms with Crippen LogP contribution in [0.5, 0.6) is 5.75 Å². The van der Waals surface area contributed by atoms with E-state index in [0.717, 1.165) is 10.0 Å². The number of hydrogen-bond acceptors (Lipinski definition) is 3. The number of anilines is 1. The number of nitrogen functional groups attached to an aromatic ring is 1. The highest BCUT2D eigenvalue weighted by Gasteiger charge is 2.02. The van der Waals surface area contributed by atoms with Crippen molar-refractivity contribution in [2.24, 2.45) is 0 Å². The molecule has 0 atom stereocenters. The first kappa shape index (κ1) is 12.5. The van der Waals surface area contributed by atoms with Gasteiger partial charge in [0.15, 0.2) is 0 Å². The first-order valence-electron chi connectivity index (χ1n) is 5.36. The van der Waals surface area contributed by atoms with Crippen molar-refractivity contribution in [1.82, 2.24) is 0 Å². The predicted molar refractivity (Wildman–Crippen MR) is 74.0 cm³/mol. The Morgan fingerprint density at radius 2 is 2.06 bits per heavy atom. The van der Waals surface area contributed by atoms with Gasteiger partial charge in [-0.3, -0.25) is 0 Å². The van der Waals surface area contributed by atoms with Crippen LogP contribution in [-0.2, 0) is 6.61 Å². The van der Waals surface area contributed by atoms with Crippen LogP contribution in [0.4, 0.5) is 5.69 Å². The molecule has 0 heterocycles. The topological polar surface area (TPSA) is 59.0 Å². The Balaban J connectivity index is 2.09. The summed E-state index contributed by atoms with van der Waals surface area (Å²) in [6.07, 6.45) is 0. The Hall–Kier alpha value is -1.99. The van der Waals surface area contributed by atoms with Gasteiger partial charge in [0.2, 0.25) is 0 Å². The van der Waals surface area contributed by atoms with Crippen LogP contribution in [0.1, 0.15) is 11.1 Å². The van der Waals surface area contributed by atoms with Gasteiger partial charge in [0.25, 0.3) is 0 Å². The number of rotatable bonds is 3. The fourth-order valence-electron chi connectivity index (χ4n) is 1.54. The molecule has 90 valence electrons. The Bertz CT molecular complexity index is 605. The lowest BCUT2D eigenvalue weighted by atomic mass is 10.2. The van der Waals surface area contributed by atoms with E-state index >= 15 is 0 Å². The van der Waals surface area contributed by atoms with E-state index < -0.39 is 0 Å². The van der Waals surface area contributed by atoms with Gasteiger partial charge in [-0.15, -0.1) is 0 Å². The van der Waals surface area contributed by atoms with Crippen LogP contribution >= 0.6 is 15.9 Å². The van der Waals surface area contributed by atoms with Crippen LogP contribution in [-0.4, -0.2) is 0 Å². The molecule has 2 aromatic rings. The molecule has 0 unspecified atom stereocenters. The fraction of sp³-hybridized carbons (Fsp3) is 0.0714. The van der Waals surface area contributed by atoms with Crippen molar-refractivity contribution in [3.05, 3.63) is 58.1 Å². The third kappa shape index (κ3) is 3.02. The summed E-state index contributed by atoms with van der Waals surface area (Å²) in [5.41, 5.74) is 7.86. The summed E-state index contributed by atoms with van der Waals surface area (Å²) < 4.78 is 6.63. The molecule has 0 aliphatic heterocycles. The van der Waals surface area contributed by atoms with Crippen molar-refractivity contribution in [3.8, 4) is 11.8 Å². The van der Waals surface area contributed by atoms with Crippen LogP contribution in [0.3, 0.4) is 0 Å². The molecule has 4 heteroatoms. The molecular weight excluding hydrogens is 292 g/mol. The lowest BCUT2D eigenvalue weighted by Crippen LogP contribution is -1.99. The summed E-state index contributed by atoms with van der Waals surface area (Å²) in [5, 5.41) is 8.74. The molecule has 0 fully saturated rings. The van der Waals surface area contributed by atoms with Crippen molar-refractivity contribution in [1.29, 1.82) is 5.26 Å². The van der Waals surface area contributed by atoms with Crippen LogP contribution in [0.2, 0.25) is 0 Å². The van der Waals surface area contributed by atoms with E-state index in [1.54, 1.807) is 18.2 Å². The smallest absolute Gasteiger partial charge is 0.142 e. The minimum absolute atomic E-state index is 0.440. The van der Waals surface area contributed by atoms with Crippen molar-refractivity contribution in [2.45, 2.75) is 6.61 Å². The fourth-order valence-corrected chi connectivity index (χ4v) is 1.98. The van der Waals surface area contributed by atoms with Crippen LogP contribution in [0.15, 0.2) is 46.9 Å². The maximum atomic E-state index is 8.74. The standard InChI is InChI=1S/C14H11BrN2O/c15-12-3-1-2-11(6-12)9-18-14-5-4-10(8-16)7-13(14)17/h1-7H,9,17H2. The van der Waals surface area contributed by atoms with E-state index in [1.807, 2.05) is 30.3 Å². The molecule has 0 saturated heterocycles. The van der Waals surface area contributed by atoms with Crippen molar-refractivity contribution in [3.63, 3.8) is 0 Å². The Kier molecular flexibility index (Phi) is 3.85. The van der Waals surface area contributed by atoms with Gasteiger partial charge in [-0.2, -0.15) is 5.26 Å². The highest BCUT2D eigenvalue weighted by Crippen LogP contribution is 2.23. The van der Waals surface area contributed by atoms with Crippen molar-refractivity contribution >= 4 is 21.6 Å². The second-order valence-corrected chi connectivity index (χ2v) is 4.70. The number of halogens is 1. The Morgan fingerprint density at radius 3 is 2.72 bits per heavy atom. The molecule has 0 bridgehead atoms. The molecule has 18 heavy (non-hydrogen) atoms. The molecule has 3 nitrogen and oxygen atoms in total. The van der Waals surface area contributed by atoms with Gasteiger partial charge in [-0.05, 0) is 35.9 Å². The zero-order chi connectivity index (χ0) is 13.0. The first-order chi connectivity index (χ1) is 8.69. The second-order valence-electron chi connectivity index (χ2n) is 3.78. The van der Waals surface area contributed by atoms with Crippen LogP contribution in [0, 0.1) is 11.3 Å². The summed E-state index contributed by atoms with van der Waals surface area (Å²) in [7, 11) is 0. The van der Waals surface area contributed by atoms with Gasteiger partial charge >= 0.3 is 0 Å². The SMILES string of the molecule is N#Cc1ccc(OCc2cccc(Br)c2)c(N)c1. The summed E-state index contributed by atoms with van der Waals surface area (Å²) in [6.45, 7) is 0.440. The van der Waals surface area contributed by atoms with Crippen LogP contribution < -0.4 is 10.5 Å². The quantitative estimate of drug-likeness (QED) is 0.883. The number of benzene rings is 2. The molecule has 2 aromatic carbocycles. The zero-order valence-electron chi connectivity index (χ0n) is 9.56. The average Bonchev–Trinajstić information content (AvgIpc) is 2.37. The molecule has 0 radical (unpaired) electrons. The van der Waals surface area contributed by atoms with Gasteiger partial charge in [0.05, 0.1) is 17.3 Å². The minimum atomic E-state index is 0.440. The number of nitrogens with zero attached hydrogens (tertiary/aromatic N) is 1. The Morgan fingerprint density at radius 1 is 1.22 bits per heavy atom. The largest absolute Gasteiger partial charge is 0.487 e. The summed E-state index contributed by atoms with van der Waals surface area (Å²) >= 11 is 3.41. The lowest BCUT2D eigenvalue weighted by molar-refractivity contribution is 0.308. The van der Waals surface area contributed by atoms with Gasteiger partial charge in [0.1, 0.15) is 12.4 Å². The molecule has 0 aliphatic carbocycles. The average molecular weight is 303 g/mol. The molecule has 0 aromatic heterocycles. The van der Waals surface area contributed by atoms with E-state index in [4.69, 9.17) is 15.7 Å². The van der Waals surface area contributed by atoms with Gasteiger partial charge < -0.3 is 10.5 Å². The third-order valence-electron chi connectivity index (χ3n) is 2.42. The molecule has 2 rings (SSSR count). The van der Waals surface area contributed by atoms with Gasteiger partial charge in [-0.25, -0.2) is 0 Å².